The van der Waals surface area contributed by atoms with E-state index in [1.165, 1.54) is 4.90 Å². The highest BCUT2D eigenvalue weighted by Crippen LogP contribution is 2.35. The van der Waals surface area contributed by atoms with Gasteiger partial charge in [0.25, 0.3) is 5.91 Å². The van der Waals surface area contributed by atoms with Crippen molar-refractivity contribution in [1.29, 1.82) is 0 Å². The molecule has 1 aliphatic rings. The second-order valence-electron chi connectivity index (χ2n) is 6.00. The fraction of sp³-hybridized carbons (Fsp3) is 0.278. The van der Waals surface area contributed by atoms with E-state index in [1.807, 2.05) is 13.8 Å². The maximum absolute atomic E-state index is 12.1. The molecule has 0 spiro atoms. The van der Waals surface area contributed by atoms with E-state index in [2.05, 4.69) is 10.3 Å². The number of pyridine rings is 1. The van der Waals surface area contributed by atoms with E-state index < -0.39 is 0 Å². The lowest BCUT2D eigenvalue weighted by Gasteiger charge is -2.12. The van der Waals surface area contributed by atoms with Gasteiger partial charge in [0, 0.05) is 30.4 Å². The quantitative estimate of drug-likeness (QED) is 0.937. The number of rotatable bonds is 4. The zero-order valence-corrected chi connectivity index (χ0v) is 13.9. The van der Waals surface area contributed by atoms with Gasteiger partial charge in [0.15, 0.2) is 0 Å². The highest BCUT2D eigenvalue weighted by Gasteiger charge is 2.28. The van der Waals surface area contributed by atoms with Gasteiger partial charge in [0.2, 0.25) is 5.91 Å². The second kappa shape index (κ2) is 6.31. The average molecular weight is 325 g/mol. The lowest BCUT2D eigenvalue weighted by molar-refractivity contribution is -0.117. The fourth-order valence-electron chi connectivity index (χ4n) is 2.58. The van der Waals surface area contributed by atoms with Crippen LogP contribution in [0.3, 0.4) is 0 Å². The Hall–Kier alpha value is -2.89. The van der Waals surface area contributed by atoms with E-state index in [0.717, 1.165) is 5.56 Å². The van der Waals surface area contributed by atoms with Crippen LogP contribution in [-0.4, -0.2) is 29.9 Å². The molecular formula is C18H19N3O3. The molecule has 1 N–H and O–H groups in total. The number of amides is 2. The molecule has 2 aromatic rings. The van der Waals surface area contributed by atoms with E-state index >= 15 is 0 Å². The van der Waals surface area contributed by atoms with Crippen LogP contribution in [0.15, 0.2) is 36.5 Å². The third-order valence-corrected chi connectivity index (χ3v) is 3.75. The SMILES string of the molecule is CC(C)NC(=O)c1cccc(Oc2ccnc3c2CC(=O)N3C)c1. The normalized spacial score (nSPS) is 13.2. The number of aromatic nitrogens is 1. The van der Waals surface area contributed by atoms with E-state index in [-0.39, 0.29) is 24.3 Å². The first kappa shape index (κ1) is 16.0. The molecule has 1 aromatic heterocycles. The molecule has 1 aromatic carbocycles. The van der Waals surface area contributed by atoms with E-state index in [1.54, 1.807) is 43.6 Å². The Morgan fingerprint density at radius 3 is 2.88 bits per heavy atom. The van der Waals surface area contributed by atoms with Crippen molar-refractivity contribution < 1.29 is 14.3 Å². The largest absolute Gasteiger partial charge is 0.457 e. The van der Waals surface area contributed by atoms with Crippen molar-refractivity contribution in [3.63, 3.8) is 0 Å². The van der Waals surface area contributed by atoms with Gasteiger partial charge in [-0.05, 0) is 38.1 Å². The topological polar surface area (TPSA) is 71.5 Å². The summed E-state index contributed by atoms with van der Waals surface area (Å²) in [6.07, 6.45) is 1.88. The number of hydrogen-bond acceptors (Lipinski definition) is 4. The van der Waals surface area contributed by atoms with Crippen molar-refractivity contribution in [3.8, 4) is 11.5 Å². The van der Waals surface area contributed by atoms with Crippen LogP contribution in [0.1, 0.15) is 29.8 Å². The number of nitrogens with zero attached hydrogens (tertiary/aromatic N) is 2. The zero-order chi connectivity index (χ0) is 17.3. The number of fused-ring (bicyclic) bond motifs is 1. The van der Waals surface area contributed by atoms with Crippen molar-refractivity contribution in [2.45, 2.75) is 26.3 Å². The summed E-state index contributed by atoms with van der Waals surface area (Å²) < 4.78 is 5.91. The number of carbonyl (C=O) groups excluding carboxylic acids is 2. The van der Waals surface area contributed by atoms with Crippen molar-refractivity contribution in [2.24, 2.45) is 0 Å². The molecular weight excluding hydrogens is 306 g/mol. The number of nitrogens with one attached hydrogen (secondary N) is 1. The third kappa shape index (κ3) is 3.08. The Bertz CT molecular complexity index is 802. The molecule has 0 bridgehead atoms. The number of anilines is 1. The molecule has 6 heteroatoms. The average Bonchev–Trinajstić information content (AvgIpc) is 2.83. The van der Waals surface area contributed by atoms with Crippen LogP contribution in [0.2, 0.25) is 0 Å². The molecule has 0 saturated carbocycles. The number of benzene rings is 1. The van der Waals surface area contributed by atoms with Crippen molar-refractivity contribution in [2.75, 3.05) is 11.9 Å². The maximum atomic E-state index is 12.1. The summed E-state index contributed by atoms with van der Waals surface area (Å²) in [6.45, 7) is 3.82. The van der Waals surface area contributed by atoms with E-state index in [4.69, 9.17) is 4.74 Å². The Morgan fingerprint density at radius 1 is 1.33 bits per heavy atom. The highest BCUT2D eigenvalue weighted by molar-refractivity contribution is 6.00. The number of carbonyl (C=O) groups is 2. The standard InChI is InChI=1S/C18H19N3O3/c1-11(2)20-18(23)12-5-4-6-13(9-12)24-15-7-8-19-17-14(15)10-16(22)21(17)3/h4-9,11H,10H2,1-3H3,(H,20,23). The maximum Gasteiger partial charge on any atom is 0.251 e. The van der Waals surface area contributed by atoms with Gasteiger partial charge in [0.05, 0.1) is 6.42 Å². The number of ether oxygens (including phenoxy) is 1. The predicted octanol–water partition coefficient (Wildman–Crippen LogP) is 2.53. The lowest BCUT2D eigenvalue weighted by atomic mass is 10.2. The van der Waals surface area contributed by atoms with Crippen LogP contribution in [-0.2, 0) is 11.2 Å². The number of likely N-dealkylation sites (N-methyl/N-ethyl adjacent to an activating group) is 1. The summed E-state index contributed by atoms with van der Waals surface area (Å²) in [5, 5.41) is 2.85. The van der Waals surface area contributed by atoms with Gasteiger partial charge in [-0.2, -0.15) is 0 Å². The molecule has 0 fully saturated rings. The van der Waals surface area contributed by atoms with Crippen molar-refractivity contribution in [1.82, 2.24) is 10.3 Å². The smallest absolute Gasteiger partial charge is 0.251 e. The molecule has 3 rings (SSSR count). The Kier molecular flexibility index (Phi) is 4.20. The van der Waals surface area contributed by atoms with Crippen LogP contribution in [0.5, 0.6) is 11.5 Å². The molecule has 124 valence electrons. The predicted molar refractivity (Wildman–Crippen MR) is 90.5 cm³/mol. The summed E-state index contributed by atoms with van der Waals surface area (Å²) in [5.74, 6) is 1.58. The lowest BCUT2D eigenvalue weighted by Crippen LogP contribution is -2.29. The summed E-state index contributed by atoms with van der Waals surface area (Å²) in [4.78, 5) is 29.7. The third-order valence-electron chi connectivity index (χ3n) is 3.75. The van der Waals surface area contributed by atoms with Gasteiger partial charge < -0.3 is 10.1 Å². The molecule has 0 aliphatic carbocycles. The van der Waals surface area contributed by atoms with Crippen LogP contribution in [0.4, 0.5) is 5.82 Å². The van der Waals surface area contributed by atoms with Crippen molar-refractivity contribution in [3.05, 3.63) is 47.7 Å². The van der Waals surface area contributed by atoms with Crippen LogP contribution in [0.25, 0.3) is 0 Å². The van der Waals surface area contributed by atoms with Gasteiger partial charge in [-0.25, -0.2) is 4.98 Å². The molecule has 2 heterocycles. The Balaban J connectivity index is 1.86. The van der Waals surface area contributed by atoms with E-state index in [0.29, 0.717) is 22.9 Å². The number of hydrogen-bond donors (Lipinski definition) is 1. The molecule has 6 nitrogen and oxygen atoms in total. The van der Waals surface area contributed by atoms with Gasteiger partial charge in [-0.1, -0.05) is 6.07 Å². The summed E-state index contributed by atoms with van der Waals surface area (Å²) >= 11 is 0. The van der Waals surface area contributed by atoms with Crippen LogP contribution < -0.4 is 15.0 Å². The first-order chi connectivity index (χ1) is 11.5. The van der Waals surface area contributed by atoms with Gasteiger partial charge >= 0.3 is 0 Å². The van der Waals surface area contributed by atoms with Gasteiger partial charge in [0.1, 0.15) is 17.3 Å². The molecule has 0 atom stereocenters. The summed E-state index contributed by atoms with van der Waals surface area (Å²) in [6, 6.07) is 8.76. The van der Waals surface area contributed by atoms with Gasteiger partial charge in [-0.15, -0.1) is 0 Å². The van der Waals surface area contributed by atoms with Gasteiger partial charge in [-0.3, -0.25) is 14.5 Å². The van der Waals surface area contributed by atoms with E-state index in [9.17, 15) is 9.59 Å². The van der Waals surface area contributed by atoms with Crippen molar-refractivity contribution >= 4 is 17.6 Å². The molecule has 24 heavy (non-hydrogen) atoms. The summed E-state index contributed by atoms with van der Waals surface area (Å²) in [7, 11) is 1.70. The molecule has 0 unspecified atom stereocenters. The molecule has 0 saturated heterocycles. The van der Waals surface area contributed by atoms with Crippen LogP contribution >= 0.6 is 0 Å². The Morgan fingerprint density at radius 2 is 2.12 bits per heavy atom. The first-order valence-corrected chi connectivity index (χ1v) is 7.79. The molecule has 1 aliphatic heterocycles. The van der Waals surface area contributed by atoms with Crippen LogP contribution in [0, 0.1) is 0 Å². The minimum atomic E-state index is -0.148. The highest BCUT2D eigenvalue weighted by atomic mass is 16.5. The fourth-order valence-corrected chi connectivity index (χ4v) is 2.58. The second-order valence-corrected chi connectivity index (χ2v) is 6.00. The Labute approximate surface area is 140 Å². The monoisotopic (exact) mass is 325 g/mol. The zero-order valence-electron chi connectivity index (χ0n) is 13.9. The minimum absolute atomic E-state index is 0.0152. The summed E-state index contributed by atoms with van der Waals surface area (Å²) in [5.41, 5.74) is 1.29. The minimum Gasteiger partial charge on any atom is -0.457 e. The molecule has 0 radical (unpaired) electrons. The first-order valence-electron chi connectivity index (χ1n) is 7.79. The molecule has 2 amide bonds.